The summed E-state index contributed by atoms with van der Waals surface area (Å²) >= 11 is 0. The van der Waals surface area contributed by atoms with Gasteiger partial charge in [0, 0.05) is 0 Å². The Morgan fingerprint density at radius 2 is 2.00 bits per heavy atom. The van der Waals surface area contributed by atoms with Crippen molar-refractivity contribution in [1.29, 1.82) is 0 Å². The van der Waals surface area contributed by atoms with E-state index in [1.807, 2.05) is 13.6 Å². The normalized spacial score (nSPS) is 12.8. The smallest absolute Gasteiger partial charge is 0.287 e. The molecule has 0 aromatic carbocycles. The Kier molecular flexibility index (Phi) is 8.61. The number of hydrogen-bond donors (Lipinski definition) is 0. The maximum atomic E-state index is 5.58. The standard InChI is InChI=1S/C8H18B2O3/c1-4-8(13-10(2)3)7-11-5-6-12-9/h8H,4-7H2,1-3H3. The van der Waals surface area contributed by atoms with Gasteiger partial charge in [0.05, 0.1) is 25.9 Å². The molecule has 74 valence electrons. The predicted octanol–water partition coefficient (Wildman–Crippen LogP) is 1.15. The third-order valence-electron chi connectivity index (χ3n) is 1.57. The van der Waals surface area contributed by atoms with Crippen molar-refractivity contribution >= 4 is 15.0 Å². The molecule has 1 atom stereocenters. The summed E-state index contributed by atoms with van der Waals surface area (Å²) in [5.74, 6) is 0. The minimum atomic E-state index is 0.178. The van der Waals surface area contributed by atoms with Crippen LogP contribution in [-0.2, 0) is 14.0 Å². The molecule has 0 amide bonds. The first kappa shape index (κ1) is 13.0. The van der Waals surface area contributed by atoms with Crippen LogP contribution in [0.4, 0.5) is 0 Å². The highest BCUT2D eigenvalue weighted by Gasteiger charge is 2.10. The Balaban J connectivity index is 3.36. The SMILES string of the molecule is [B]OCCOCC(CC)OB(C)C. The third kappa shape index (κ3) is 8.34. The number of hydrogen-bond acceptors (Lipinski definition) is 3. The fourth-order valence-corrected chi connectivity index (χ4v) is 0.960. The Hall–Kier alpha value is 0.00987. The summed E-state index contributed by atoms with van der Waals surface area (Å²) in [6.45, 7) is 7.93. The van der Waals surface area contributed by atoms with Gasteiger partial charge in [-0.1, -0.05) is 20.6 Å². The van der Waals surface area contributed by atoms with Gasteiger partial charge in [0.25, 0.3) is 15.0 Å². The van der Waals surface area contributed by atoms with Crippen LogP contribution in [0.3, 0.4) is 0 Å². The van der Waals surface area contributed by atoms with Crippen LogP contribution in [-0.4, -0.2) is 40.9 Å². The molecule has 0 aliphatic rings. The van der Waals surface area contributed by atoms with Crippen LogP contribution in [0.2, 0.25) is 13.6 Å². The molecule has 0 saturated carbocycles. The van der Waals surface area contributed by atoms with Gasteiger partial charge < -0.3 is 14.0 Å². The lowest BCUT2D eigenvalue weighted by atomic mass is 9.75. The summed E-state index contributed by atoms with van der Waals surface area (Å²) in [4.78, 5) is 0. The summed E-state index contributed by atoms with van der Waals surface area (Å²) < 4.78 is 15.3. The molecule has 0 rings (SSSR count). The lowest BCUT2D eigenvalue weighted by molar-refractivity contribution is 0.0352. The average molecular weight is 184 g/mol. The first-order chi connectivity index (χ1) is 6.20. The molecule has 13 heavy (non-hydrogen) atoms. The zero-order valence-corrected chi connectivity index (χ0v) is 8.79. The molecular formula is C8H18B2O3. The summed E-state index contributed by atoms with van der Waals surface area (Å²) in [5.41, 5.74) is 0. The van der Waals surface area contributed by atoms with E-state index in [0.29, 0.717) is 19.8 Å². The zero-order chi connectivity index (χ0) is 10.1. The van der Waals surface area contributed by atoms with Crippen molar-refractivity contribution in [1.82, 2.24) is 0 Å². The monoisotopic (exact) mass is 184 g/mol. The molecule has 3 nitrogen and oxygen atoms in total. The largest absolute Gasteiger partial charge is 0.445 e. The van der Waals surface area contributed by atoms with Crippen LogP contribution in [0.1, 0.15) is 13.3 Å². The Labute approximate surface area is 82.7 Å². The lowest BCUT2D eigenvalue weighted by Crippen LogP contribution is -2.25. The molecule has 0 saturated heterocycles. The van der Waals surface area contributed by atoms with Gasteiger partial charge in [-0.15, -0.1) is 0 Å². The zero-order valence-electron chi connectivity index (χ0n) is 8.79. The molecule has 0 bridgehead atoms. The number of ether oxygens (including phenoxy) is 1. The van der Waals surface area contributed by atoms with E-state index in [0.717, 1.165) is 6.42 Å². The summed E-state index contributed by atoms with van der Waals surface area (Å²) in [6, 6.07) is 0. The van der Waals surface area contributed by atoms with Crippen molar-refractivity contribution in [2.45, 2.75) is 33.1 Å². The first-order valence-electron chi connectivity index (χ1n) is 4.75. The molecule has 5 heteroatoms. The van der Waals surface area contributed by atoms with Crippen LogP contribution >= 0.6 is 0 Å². The Morgan fingerprint density at radius 1 is 1.31 bits per heavy atom. The molecule has 0 spiro atoms. The van der Waals surface area contributed by atoms with Crippen molar-refractivity contribution in [3.8, 4) is 0 Å². The van der Waals surface area contributed by atoms with E-state index in [-0.39, 0.29) is 13.0 Å². The summed E-state index contributed by atoms with van der Waals surface area (Å²) in [7, 11) is 4.85. The van der Waals surface area contributed by atoms with Crippen molar-refractivity contribution in [2.24, 2.45) is 0 Å². The molecule has 0 aliphatic carbocycles. The molecule has 0 fully saturated rings. The van der Waals surface area contributed by atoms with Gasteiger partial charge in [0.2, 0.25) is 0 Å². The van der Waals surface area contributed by atoms with Gasteiger partial charge in [-0.25, -0.2) is 0 Å². The topological polar surface area (TPSA) is 27.7 Å². The van der Waals surface area contributed by atoms with Crippen molar-refractivity contribution < 1.29 is 14.0 Å². The van der Waals surface area contributed by atoms with E-state index >= 15 is 0 Å². The van der Waals surface area contributed by atoms with Gasteiger partial charge in [-0.3, -0.25) is 0 Å². The maximum absolute atomic E-state index is 5.58. The first-order valence-corrected chi connectivity index (χ1v) is 4.75. The minimum Gasteiger partial charge on any atom is -0.445 e. The average Bonchev–Trinajstić information content (AvgIpc) is 2.09. The molecule has 0 aromatic heterocycles. The molecule has 2 radical (unpaired) electrons. The van der Waals surface area contributed by atoms with E-state index in [1.54, 1.807) is 0 Å². The van der Waals surface area contributed by atoms with Crippen LogP contribution in [0.15, 0.2) is 0 Å². The maximum Gasteiger partial charge on any atom is 0.287 e. The van der Waals surface area contributed by atoms with Crippen LogP contribution in [0.25, 0.3) is 0 Å². The fourth-order valence-electron chi connectivity index (χ4n) is 0.960. The van der Waals surface area contributed by atoms with E-state index in [2.05, 4.69) is 11.6 Å². The molecule has 1 unspecified atom stereocenters. The highest BCUT2D eigenvalue weighted by atomic mass is 16.5. The van der Waals surface area contributed by atoms with Gasteiger partial charge in [-0.2, -0.15) is 0 Å². The van der Waals surface area contributed by atoms with Crippen molar-refractivity contribution in [2.75, 3.05) is 19.8 Å². The molecule has 0 N–H and O–H groups in total. The quantitative estimate of drug-likeness (QED) is 0.418. The Bertz CT molecular complexity index is 112. The second kappa shape index (κ2) is 8.60. The van der Waals surface area contributed by atoms with Crippen LogP contribution < -0.4 is 0 Å². The predicted molar refractivity (Wildman–Crippen MR) is 55.2 cm³/mol. The van der Waals surface area contributed by atoms with Gasteiger partial charge in [0.1, 0.15) is 0 Å². The van der Waals surface area contributed by atoms with Gasteiger partial charge in [-0.05, 0) is 6.42 Å². The van der Waals surface area contributed by atoms with E-state index in [9.17, 15) is 0 Å². The van der Waals surface area contributed by atoms with E-state index in [1.165, 1.54) is 0 Å². The molecular weight excluding hydrogens is 166 g/mol. The molecule has 0 aliphatic heterocycles. The Morgan fingerprint density at radius 3 is 2.46 bits per heavy atom. The van der Waals surface area contributed by atoms with Crippen molar-refractivity contribution in [3.63, 3.8) is 0 Å². The van der Waals surface area contributed by atoms with Crippen LogP contribution in [0, 0.1) is 0 Å². The lowest BCUT2D eigenvalue weighted by Gasteiger charge is -2.18. The van der Waals surface area contributed by atoms with E-state index in [4.69, 9.17) is 17.4 Å². The fraction of sp³-hybridized carbons (Fsp3) is 1.00. The van der Waals surface area contributed by atoms with Crippen molar-refractivity contribution in [3.05, 3.63) is 0 Å². The van der Waals surface area contributed by atoms with Gasteiger partial charge >= 0.3 is 0 Å². The highest BCUT2D eigenvalue weighted by molar-refractivity contribution is 6.48. The van der Waals surface area contributed by atoms with Crippen LogP contribution in [0.5, 0.6) is 0 Å². The summed E-state index contributed by atoms with van der Waals surface area (Å²) in [6.07, 6.45) is 1.14. The highest BCUT2D eigenvalue weighted by Crippen LogP contribution is 2.01. The summed E-state index contributed by atoms with van der Waals surface area (Å²) in [5, 5.41) is 0. The number of rotatable bonds is 8. The second-order valence-electron chi connectivity index (χ2n) is 3.16. The van der Waals surface area contributed by atoms with Gasteiger partial charge in [0.15, 0.2) is 0 Å². The van der Waals surface area contributed by atoms with E-state index < -0.39 is 0 Å². The second-order valence-corrected chi connectivity index (χ2v) is 3.16. The molecule has 0 aromatic rings. The minimum absolute atomic E-state index is 0.178. The molecule has 0 heterocycles. The third-order valence-corrected chi connectivity index (χ3v) is 1.57.